The molecule has 0 amide bonds. The van der Waals surface area contributed by atoms with Crippen LogP contribution in [0, 0.1) is 0 Å². The minimum Gasteiger partial charge on any atom is -0.399 e. The fourth-order valence-electron chi connectivity index (χ4n) is 1.34. The summed E-state index contributed by atoms with van der Waals surface area (Å²) in [6.45, 7) is 3.04. The maximum absolute atomic E-state index is 5.61. The Hall–Kier alpha value is -1.77. The van der Waals surface area contributed by atoms with E-state index in [-0.39, 0.29) is 0 Å². The lowest BCUT2D eigenvalue weighted by Crippen LogP contribution is -1.87. The van der Waals surface area contributed by atoms with Gasteiger partial charge in [-0.05, 0) is 19.1 Å². The highest BCUT2D eigenvalue weighted by molar-refractivity contribution is 5.61. The van der Waals surface area contributed by atoms with Gasteiger partial charge in [-0.1, -0.05) is 12.1 Å². The van der Waals surface area contributed by atoms with Gasteiger partial charge >= 0.3 is 0 Å². The summed E-state index contributed by atoms with van der Waals surface area (Å²) in [6.07, 6.45) is 3.87. The Balaban J connectivity index is 2.34. The van der Waals surface area contributed by atoms with Gasteiger partial charge in [0.2, 0.25) is 0 Å². The van der Waals surface area contributed by atoms with Crippen molar-refractivity contribution in [3.8, 4) is 11.3 Å². The summed E-state index contributed by atoms with van der Waals surface area (Å²) < 4.78 is 2.05. The molecule has 0 aliphatic carbocycles. The zero-order chi connectivity index (χ0) is 9.97. The molecule has 0 fully saturated rings. The van der Waals surface area contributed by atoms with Crippen molar-refractivity contribution in [2.24, 2.45) is 0 Å². The highest BCUT2D eigenvalue weighted by Crippen LogP contribution is 2.17. The highest BCUT2D eigenvalue weighted by Gasteiger charge is 2.00. The van der Waals surface area contributed by atoms with Crippen molar-refractivity contribution in [2.75, 3.05) is 5.73 Å². The second-order valence-corrected chi connectivity index (χ2v) is 3.21. The van der Waals surface area contributed by atoms with Crippen LogP contribution in [0.5, 0.6) is 0 Å². The Morgan fingerprint density at radius 3 is 2.57 bits per heavy atom. The average Bonchev–Trinajstić information content (AvgIpc) is 2.67. The SMILES string of the molecule is CCn1cnc(-c2ccc(N)cc2)c1. The molecule has 14 heavy (non-hydrogen) atoms. The number of nitrogens with zero attached hydrogens (tertiary/aromatic N) is 2. The summed E-state index contributed by atoms with van der Waals surface area (Å²) in [5, 5.41) is 0. The van der Waals surface area contributed by atoms with Crippen LogP contribution in [0.1, 0.15) is 6.92 Å². The van der Waals surface area contributed by atoms with Gasteiger partial charge in [0, 0.05) is 24.0 Å². The van der Waals surface area contributed by atoms with E-state index in [1.807, 2.05) is 41.4 Å². The quantitative estimate of drug-likeness (QED) is 0.732. The van der Waals surface area contributed by atoms with E-state index in [0.717, 1.165) is 23.5 Å². The van der Waals surface area contributed by atoms with Crippen molar-refractivity contribution in [2.45, 2.75) is 13.5 Å². The van der Waals surface area contributed by atoms with E-state index in [4.69, 9.17) is 5.73 Å². The molecular weight excluding hydrogens is 174 g/mol. The van der Waals surface area contributed by atoms with Crippen molar-refractivity contribution >= 4 is 5.69 Å². The molecule has 0 saturated heterocycles. The monoisotopic (exact) mass is 187 g/mol. The molecule has 0 saturated carbocycles. The van der Waals surface area contributed by atoms with Crippen molar-refractivity contribution < 1.29 is 0 Å². The number of hydrogen-bond acceptors (Lipinski definition) is 2. The molecule has 2 rings (SSSR count). The fourth-order valence-corrected chi connectivity index (χ4v) is 1.34. The van der Waals surface area contributed by atoms with Crippen LogP contribution in [-0.4, -0.2) is 9.55 Å². The van der Waals surface area contributed by atoms with E-state index in [9.17, 15) is 0 Å². The van der Waals surface area contributed by atoms with Crippen LogP contribution in [-0.2, 0) is 6.54 Å². The van der Waals surface area contributed by atoms with Gasteiger partial charge in [0.1, 0.15) is 0 Å². The molecule has 0 spiro atoms. The lowest BCUT2D eigenvalue weighted by Gasteiger charge is -1.97. The zero-order valence-corrected chi connectivity index (χ0v) is 8.14. The van der Waals surface area contributed by atoms with Gasteiger partial charge < -0.3 is 10.3 Å². The van der Waals surface area contributed by atoms with Gasteiger partial charge in [-0.25, -0.2) is 4.98 Å². The van der Waals surface area contributed by atoms with Gasteiger partial charge in [-0.3, -0.25) is 0 Å². The maximum atomic E-state index is 5.61. The van der Waals surface area contributed by atoms with Gasteiger partial charge in [0.05, 0.1) is 12.0 Å². The van der Waals surface area contributed by atoms with Gasteiger partial charge in [-0.2, -0.15) is 0 Å². The molecule has 0 unspecified atom stereocenters. The summed E-state index contributed by atoms with van der Waals surface area (Å²) in [6, 6.07) is 7.75. The van der Waals surface area contributed by atoms with E-state index >= 15 is 0 Å². The molecule has 0 radical (unpaired) electrons. The van der Waals surface area contributed by atoms with Crippen molar-refractivity contribution in [3.63, 3.8) is 0 Å². The molecule has 1 aromatic heterocycles. The summed E-state index contributed by atoms with van der Waals surface area (Å²) in [4.78, 5) is 4.31. The molecule has 1 heterocycles. The minimum absolute atomic E-state index is 0.781. The molecule has 0 aliphatic rings. The molecular formula is C11H13N3. The maximum Gasteiger partial charge on any atom is 0.0953 e. The summed E-state index contributed by atoms with van der Waals surface area (Å²) in [5.74, 6) is 0. The van der Waals surface area contributed by atoms with E-state index in [1.165, 1.54) is 0 Å². The predicted octanol–water partition coefficient (Wildman–Crippen LogP) is 2.15. The Bertz CT molecular complexity index is 414. The summed E-state index contributed by atoms with van der Waals surface area (Å²) >= 11 is 0. The Morgan fingerprint density at radius 1 is 1.29 bits per heavy atom. The van der Waals surface area contributed by atoms with Crippen LogP contribution in [0.2, 0.25) is 0 Å². The number of aryl methyl sites for hydroxylation is 1. The first-order valence-electron chi connectivity index (χ1n) is 4.67. The lowest BCUT2D eigenvalue weighted by molar-refractivity contribution is 0.762. The number of anilines is 1. The fraction of sp³-hybridized carbons (Fsp3) is 0.182. The first kappa shape index (κ1) is 8.81. The van der Waals surface area contributed by atoms with Crippen LogP contribution < -0.4 is 5.73 Å². The van der Waals surface area contributed by atoms with E-state index in [0.29, 0.717) is 0 Å². The van der Waals surface area contributed by atoms with Crippen LogP contribution in [0.4, 0.5) is 5.69 Å². The number of benzene rings is 1. The van der Waals surface area contributed by atoms with E-state index < -0.39 is 0 Å². The molecule has 0 aliphatic heterocycles. The molecule has 3 heteroatoms. The molecule has 2 N–H and O–H groups in total. The van der Waals surface area contributed by atoms with Crippen LogP contribution in [0.3, 0.4) is 0 Å². The lowest BCUT2D eigenvalue weighted by atomic mass is 10.1. The van der Waals surface area contributed by atoms with Crippen molar-refractivity contribution in [1.82, 2.24) is 9.55 Å². The number of hydrogen-bond donors (Lipinski definition) is 1. The molecule has 3 nitrogen and oxygen atoms in total. The number of nitrogens with two attached hydrogens (primary N) is 1. The standard InChI is InChI=1S/C11H13N3/c1-2-14-7-11(13-8-14)9-3-5-10(12)6-4-9/h3-8H,2,12H2,1H3. The van der Waals surface area contributed by atoms with Crippen molar-refractivity contribution in [1.29, 1.82) is 0 Å². The third-order valence-corrected chi connectivity index (χ3v) is 2.20. The van der Waals surface area contributed by atoms with E-state index in [1.54, 1.807) is 0 Å². The molecule has 0 atom stereocenters. The number of rotatable bonds is 2. The topological polar surface area (TPSA) is 43.8 Å². The molecule has 1 aromatic carbocycles. The van der Waals surface area contributed by atoms with Gasteiger partial charge in [0.25, 0.3) is 0 Å². The molecule has 72 valence electrons. The predicted molar refractivity (Wildman–Crippen MR) is 57.7 cm³/mol. The number of nitrogen functional groups attached to an aromatic ring is 1. The Morgan fingerprint density at radius 2 is 2.00 bits per heavy atom. The van der Waals surface area contributed by atoms with Gasteiger partial charge in [0.15, 0.2) is 0 Å². The van der Waals surface area contributed by atoms with Crippen LogP contribution >= 0.6 is 0 Å². The first-order valence-corrected chi connectivity index (χ1v) is 4.67. The molecule has 2 aromatic rings. The van der Waals surface area contributed by atoms with Crippen molar-refractivity contribution in [3.05, 3.63) is 36.8 Å². The second kappa shape index (κ2) is 3.54. The highest BCUT2D eigenvalue weighted by atomic mass is 15.0. The number of imidazole rings is 1. The van der Waals surface area contributed by atoms with Crippen LogP contribution in [0.25, 0.3) is 11.3 Å². The Labute approximate surface area is 83.2 Å². The first-order chi connectivity index (χ1) is 6.79. The third kappa shape index (κ3) is 1.62. The third-order valence-electron chi connectivity index (χ3n) is 2.20. The summed E-state index contributed by atoms with van der Waals surface area (Å²) in [5.41, 5.74) is 8.49. The minimum atomic E-state index is 0.781. The number of aromatic nitrogens is 2. The smallest absolute Gasteiger partial charge is 0.0953 e. The van der Waals surface area contributed by atoms with E-state index in [2.05, 4.69) is 11.9 Å². The Kier molecular flexibility index (Phi) is 2.23. The summed E-state index contributed by atoms with van der Waals surface area (Å²) in [7, 11) is 0. The average molecular weight is 187 g/mol. The largest absolute Gasteiger partial charge is 0.399 e. The zero-order valence-electron chi connectivity index (χ0n) is 8.14. The normalized spacial score (nSPS) is 10.4. The van der Waals surface area contributed by atoms with Gasteiger partial charge in [-0.15, -0.1) is 0 Å². The van der Waals surface area contributed by atoms with Crippen LogP contribution in [0.15, 0.2) is 36.8 Å². The molecule has 0 bridgehead atoms. The second-order valence-electron chi connectivity index (χ2n) is 3.21.